The summed E-state index contributed by atoms with van der Waals surface area (Å²) in [5.74, 6) is -0.897. The number of fused-ring (bicyclic) bond motifs is 1. The number of aliphatic hydroxyl groups excluding tert-OH is 1. The van der Waals surface area contributed by atoms with Gasteiger partial charge in [-0.3, -0.25) is 4.79 Å². The molecule has 2 aliphatic rings. The Morgan fingerprint density at radius 1 is 1.43 bits per heavy atom. The molecule has 2 aliphatic heterocycles. The van der Waals surface area contributed by atoms with Crippen molar-refractivity contribution < 1.29 is 33.7 Å². The largest absolute Gasteiger partial charge is 0.490 e. The number of nitrogens with zero attached hydrogens (tertiary/aromatic N) is 1. The van der Waals surface area contributed by atoms with Gasteiger partial charge in [-0.05, 0) is 33.6 Å². The lowest BCUT2D eigenvalue weighted by molar-refractivity contribution is -0.135. The van der Waals surface area contributed by atoms with Crippen LogP contribution in [0.1, 0.15) is 39.2 Å². The van der Waals surface area contributed by atoms with Gasteiger partial charge in [0.25, 0.3) is 0 Å². The summed E-state index contributed by atoms with van der Waals surface area (Å²) in [5.41, 5.74) is -1.62. The lowest BCUT2D eigenvalue weighted by Crippen LogP contribution is -2.59. The highest BCUT2D eigenvalue weighted by atomic mass is 35.5. The number of hydrogen-bond donors (Lipinski definition) is 3. The monoisotopic (exact) mass is 444 g/mol. The fraction of sp³-hybridized carbons (Fsp3) is 0.600. The van der Waals surface area contributed by atoms with Gasteiger partial charge in [0.2, 0.25) is 5.91 Å². The molecule has 8 nitrogen and oxygen atoms in total. The molecule has 1 saturated heterocycles. The Morgan fingerprint density at radius 3 is 2.77 bits per heavy atom. The number of ether oxygens (including phenoxy) is 2. The Labute approximate surface area is 178 Å². The first-order chi connectivity index (χ1) is 13.9. The summed E-state index contributed by atoms with van der Waals surface area (Å²) < 4.78 is 25.1. The van der Waals surface area contributed by atoms with Crippen molar-refractivity contribution in [2.24, 2.45) is 0 Å². The van der Waals surface area contributed by atoms with Gasteiger partial charge in [0.1, 0.15) is 40.5 Å². The van der Waals surface area contributed by atoms with E-state index in [1.54, 1.807) is 20.8 Å². The van der Waals surface area contributed by atoms with Gasteiger partial charge in [-0.1, -0.05) is 11.6 Å². The molecule has 166 valence electrons. The number of carbonyl (C=O) groups is 2. The molecule has 0 spiro atoms. The lowest BCUT2D eigenvalue weighted by Gasteiger charge is -2.42. The molecule has 0 aliphatic carbocycles. The summed E-state index contributed by atoms with van der Waals surface area (Å²) in [6.45, 7) is 4.93. The van der Waals surface area contributed by atoms with Crippen molar-refractivity contribution in [3.8, 4) is 5.75 Å². The molecule has 0 saturated carbocycles. The topological polar surface area (TPSA) is 108 Å². The number of carbonyl (C=O) groups excluding carboxylic acids is 2. The smallest absolute Gasteiger partial charge is 0.410 e. The number of β-amino-alcohol motifs (C(OH)–C–C–N with tert-alkyl or cyclic N) is 1. The van der Waals surface area contributed by atoms with Gasteiger partial charge >= 0.3 is 6.09 Å². The molecule has 0 radical (unpaired) electrons. The molecular formula is C20H26ClFN2O6. The minimum Gasteiger partial charge on any atom is -0.490 e. The van der Waals surface area contributed by atoms with Gasteiger partial charge in [-0.15, -0.1) is 0 Å². The van der Waals surface area contributed by atoms with Crippen molar-refractivity contribution in [2.45, 2.75) is 57.3 Å². The van der Waals surface area contributed by atoms with Crippen LogP contribution >= 0.6 is 11.6 Å². The van der Waals surface area contributed by atoms with Crippen molar-refractivity contribution in [3.05, 3.63) is 22.5 Å². The highest BCUT2D eigenvalue weighted by Crippen LogP contribution is 2.39. The zero-order chi connectivity index (χ0) is 22.3. The Balaban J connectivity index is 1.69. The van der Waals surface area contributed by atoms with Crippen LogP contribution in [-0.2, 0) is 16.0 Å². The molecule has 1 aromatic rings. The number of piperidine rings is 1. The van der Waals surface area contributed by atoms with Crippen molar-refractivity contribution in [2.75, 3.05) is 25.0 Å². The third kappa shape index (κ3) is 4.79. The molecular weight excluding hydrogens is 419 g/mol. The van der Waals surface area contributed by atoms with Crippen LogP contribution in [0.2, 0.25) is 5.02 Å². The Hall–Kier alpha value is -2.10. The van der Waals surface area contributed by atoms with E-state index in [0.29, 0.717) is 12.0 Å². The number of anilines is 1. The van der Waals surface area contributed by atoms with Crippen LogP contribution in [0, 0.1) is 5.82 Å². The molecule has 2 amide bonds. The minimum atomic E-state index is -1.64. The molecule has 3 rings (SSSR count). The van der Waals surface area contributed by atoms with Gasteiger partial charge < -0.3 is 29.9 Å². The van der Waals surface area contributed by atoms with Gasteiger partial charge in [0.05, 0.1) is 12.2 Å². The molecule has 1 aromatic carbocycles. The molecule has 2 heterocycles. The number of amides is 2. The fourth-order valence-electron chi connectivity index (χ4n) is 3.42. The van der Waals surface area contributed by atoms with E-state index >= 15 is 0 Å². The average Bonchev–Trinajstić information content (AvgIpc) is 2.64. The number of halogens is 2. The summed E-state index contributed by atoms with van der Waals surface area (Å²) in [5, 5.41) is 23.7. The Bertz CT molecular complexity index is 859. The van der Waals surface area contributed by atoms with Crippen LogP contribution in [0.4, 0.5) is 14.9 Å². The molecule has 0 aromatic heterocycles. The van der Waals surface area contributed by atoms with E-state index < -0.39 is 29.2 Å². The first-order valence-electron chi connectivity index (χ1n) is 9.71. The van der Waals surface area contributed by atoms with Crippen LogP contribution < -0.4 is 10.1 Å². The maximum Gasteiger partial charge on any atom is 0.410 e. The second-order valence-electron chi connectivity index (χ2n) is 8.66. The van der Waals surface area contributed by atoms with E-state index in [4.69, 9.17) is 21.1 Å². The fourth-order valence-corrected chi connectivity index (χ4v) is 3.63. The number of nitrogens with one attached hydrogen (secondary N) is 1. The summed E-state index contributed by atoms with van der Waals surface area (Å²) >= 11 is 5.96. The van der Waals surface area contributed by atoms with Crippen LogP contribution in [0.3, 0.4) is 0 Å². The SMILES string of the molecule is CC(C)(C)OC(=O)N1CC[C@@](O)(COc2cc(F)c(Cl)c3c2CCC(=O)N3)[C@H](O)C1. The van der Waals surface area contributed by atoms with E-state index in [2.05, 4.69) is 5.32 Å². The van der Waals surface area contributed by atoms with Crippen LogP contribution in [0.25, 0.3) is 0 Å². The van der Waals surface area contributed by atoms with E-state index in [-0.39, 0.29) is 54.9 Å². The molecule has 10 heteroatoms. The predicted molar refractivity (Wildman–Crippen MR) is 107 cm³/mol. The summed E-state index contributed by atoms with van der Waals surface area (Å²) in [4.78, 5) is 25.1. The summed E-state index contributed by atoms with van der Waals surface area (Å²) in [6, 6.07) is 1.10. The molecule has 30 heavy (non-hydrogen) atoms. The second kappa shape index (κ2) is 8.20. The molecule has 0 bridgehead atoms. The quantitative estimate of drug-likeness (QED) is 0.661. The normalized spacial score (nSPS) is 24.2. The summed E-state index contributed by atoms with van der Waals surface area (Å²) in [7, 11) is 0. The molecule has 1 fully saturated rings. The number of likely N-dealkylation sites (tertiary alicyclic amines) is 1. The van der Waals surface area contributed by atoms with Gasteiger partial charge in [-0.25, -0.2) is 9.18 Å². The Morgan fingerprint density at radius 2 is 2.13 bits per heavy atom. The van der Waals surface area contributed by atoms with Crippen molar-refractivity contribution in [1.29, 1.82) is 0 Å². The lowest BCUT2D eigenvalue weighted by atomic mass is 9.89. The van der Waals surface area contributed by atoms with Gasteiger partial charge in [0.15, 0.2) is 0 Å². The molecule has 0 unspecified atom stereocenters. The van der Waals surface area contributed by atoms with Crippen molar-refractivity contribution in [3.63, 3.8) is 0 Å². The highest BCUT2D eigenvalue weighted by Gasteiger charge is 2.44. The number of rotatable bonds is 3. The first kappa shape index (κ1) is 22.6. The predicted octanol–water partition coefficient (Wildman–Crippen LogP) is 2.48. The van der Waals surface area contributed by atoms with E-state index in [1.807, 2.05) is 0 Å². The van der Waals surface area contributed by atoms with Crippen LogP contribution in [-0.4, -0.2) is 64.1 Å². The maximum atomic E-state index is 14.2. The van der Waals surface area contributed by atoms with Crippen molar-refractivity contribution >= 4 is 29.3 Å². The van der Waals surface area contributed by atoms with Gasteiger partial charge in [-0.2, -0.15) is 0 Å². The average molecular weight is 445 g/mol. The first-order valence-corrected chi connectivity index (χ1v) is 10.1. The third-order valence-corrected chi connectivity index (χ3v) is 5.48. The van der Waals surface area contributed by atoms with Crippen LogP contribution in [0.5, 0.6) is 5.75 Å². The molecule has 2 atom stereocenters. The number of aliphatic hydroxyl groups is 2. The number of hydrogen-bond acceptors (Lipinski definition) is 6. The number of benzene rings is 1. The standard InChI is InChI=1S/C20H26ClFN2O6/c1-19(2,3)30-18(27)24-7-6-20(28,14(25)9-24)10-29-13-8-12(22)16(21)17-11(13)4-5-15(26)23-17/h8,14,25,28H,4-7,9-10H2,1-3H3,(H,23,26)/t14-,20-/m1/s1. The van der Waals surface area contributed by atoms with E-state index in [1.165, 1.54) is 4.90 Å². The molecule has 3 N–H and O–H groups in total. The van der Waals surface area contributed by atoms with Crippen LogP contribution in [0.15, 0.2) is 6.07 Å². The zero-order valence-electron chi connectivity index (χ0n) is 17.1. The zero-order valence-corrected chi connectivity index (χ0v) is 17.9. The minimum absolute atomic E-state index is 0.0441. The van der Waals surface area contributed by atoms with Crippen molar-refractivity contribution in [1.82, 2.24) is 4.90 Å². The van der Waals surface area contributed by atoms with E-state index in [9.17, 15) is 24.2 Å². The highest BCUT2D eigenvalue weighted by molar-refractivity contribution is 6.34. The van der Waals surface area contributed by atoms with Gasteiger partial charge in [0, 0.05) is 24.6 Å². The second-order valence-corrected chi connectivity index (χ2v) is 9.03. The Kier molecular flexibility index (Phi) is 6.18. The maximum absolute atomic E-state index is 14.2. The summed E-state index contributed by atoms with van der Waals surface area (Å²) in [6.07, 6.45) is -1.31. The van der Waals surface area contributed by atoms with E-state index in [0.717, 1.165) is 6.07 Å². The third-order valence-electron chi connectivity index (χ3n) is 5.11.